The lowest BCUT2D eigenvalue weighted by molar-refractivity contribution is -0.982. The zero-order valence-electron chi connectivity index (χ0n) is 16.6. The van der Waals surface area contributed by atoms with Crippen molar-refractivity contribution >= 4 is 5.91 Å². The van der Waals surface area contributed by atoms with Crippen LogP contribution in [0.3, 0.4) is 0 Å². The second kappa shape index (κ2) is 8.09. The number of fused-ring (bicyclic) bond motifs is 2. The maximum atomic E-state index is 12.9. The molecule has 27 heavy (non-hydrogen) atoms. The number of ether oxygens (including phenoxy) is 2. The first kappa shape index (κ1) is 18.6. The number of piperidine rings is 2. The van der Waals surface area contributed by atoms with Gasteiger partial charge in [-0.1, -0.05) is 0 Å². The average molecular weight is 374 g/mol. The molecule has 1 aromatic carbocycles. The van der Waals surface area contributed by atoms with E-state index in [0.717, 1.165) is 31.0 Å². The molecule has 148 valence electrons. The molecular formula is C22H33N2O3+. The maximum Gasteiger partial charge on any atom is 0.251 e. The van der Waals surface area contributed by atoms with Gasteiger partial charge >= 0.3 is 0 Å². The summed E-state index contributed by atoms with van der Waals surface area (Å²) in [7, 11) is 3.22. The van der Waals surface area contributed by atoms with E-state index in [4.69, 9.17) is 9.47 Å². The van der Waals surface area contributed by atoms with E-state index in [9.17, 15) is 4.79 Å². The average Bonchev–Trinajstić information content (AvgIpc) is 3.21. The Balaban J connectivity index is 1.44. The Hall–Kier alpha value is -1.75. The third-order valence-corrected chi connectivity index (χ3v) is 6.96. The first-order chi connectivity index (χ1) is 13.2. The van der Waals surface area contributed by atoms with E-state index in [1.807, 2.05) is 4.90 Å². The maximum absolute atomic E-state index is 12.9. The number of hydrogen-bond donors (Lipinski definition) is 2. The molecule has 0 unspecified atom stereocenters. The van der Waals surface area contributed by atoms with Crippen LogP contribution in [0.5, 0.6) is 11.5 Å². The van der Waals surface area contributed by atoms with Gasteiger partial charge in [0.05, 0.1) is 32.3 Å². The van der Waals surface area contributed by atoms with Crippen LogP contribution in [0.15, 0.2) is 18.2 Å². The fourth-order valence-corrected chi connectivity index (χ4v) is 5.82. The Kier molecular flexibility index (Phi) is 5.58. The van der Waals surface area contributed by atoms with E-state index in [0.29, 0.717) is 17.1 Å². The van der Waals surface area contributed by atoms with Crippen molar-refractivity contribution in [3.63, 3.8) is 0 Å². The van der Waals surface area contributed by atoms with Crippen LogP contribution < -0.4 is 19.7 Å². The lowest BCUT2D eigenvalue weighted by atomic mass is 9.80. The minimum Gasteiger partial charge on any atom is -0.497 e. The van der Waals surface area contributed by atoms with Crippen molar-refractivity contribution in [3.8, 4) is 11.5 Å². The predicted octanol–water partition coefficient (Wildman–Crippen LogP) is 2.34. The topological polar surface area (TPSA) is 52.0 Å². The largest absolute Gasteiger partial charge is 0.497 e. The van der Waals surface area contributed by atoms with Crippen LogP contribution in [0.4, 0.5) is 0 Å². The van der Waals surface area contributed by atoms with Crippen molar-refractivity contribution in [2.24, 2.45) is 0 Å². The molecular weight excluding hydrogens is 340 g/mol. The highest BCUT2D eigenvalue weighted by atomic mass is 16.5. The van der Waals surface area contributed by atoms with Crippen LogP contribution in [-0.2, 0) is 0 Å². The van der Waals surface area contributed by atoms with Crippen LogP contribution in [0.2, 0.25) is 0 Å². The molecule has 0 spiro atoms. The fourth-order valence-electron chi connectivity index (χ4n) is 5.82. The van der Waals surface area contributed by atoms with Gasteiger partial charge in [-0.3, -0.25) is 4.79 Å². The van der Waals surface area contributed by atoms with Gasteiger partial charge in [-0.25, -0.2) is 0 Å². The number of methoxy groups -OCH3 is 2. The summed E-state index contributed by atoms with van der Waals surface area (Å²) >= 11 is 0. The molecule has 2 aliphatic heterocycles. The smallest absolute Gasteiger partial charge is 0.251 e. The zero-order valence-corrected chi connectivity index (χ0v) is 16.6. The molecule has 3 aliphatic rings. The summed E-state index contributed by atoms with van der Waals surface area (Å²) in [4.78, 5) is 14.8. The molecule has 0 aromatic heterocycles. The summed E-state index contributed by atoms with van der Waals surface area (Å²) in [6.45, 7) is 0. The normalized spacial score (nSPS) is 30.7. The molecule has 4 rings (SSSR count). The van der Waals surface area contributed by atoms with Crippen molar-refractivity contribution in [1.82, 2.24) is 5.32 Å². The van der Waals surface area contributed by atoms with Crippen LogP contribution in [0.25, 0.3) is 0 Å². The Labute approximate surface area is 162 Å². The van der Waals surface area contributed by atoms with Crippen molar-refractivity contribution in [3.05, 3.63) is 23.8 Å². The molecule has 2 heterocycles. The molecule has 2 saturated heterocycles. The predicted molar refractivity (Wildman–Crippen MR) is 105 cm³/mol. The Morgan fingerprint density at radius 3 is 2.00 bits per heavy atom. The molecule has 2 bridgehead atoms. The van der Waals surface area contributed by atoms with E-state index in [2.05, 4.69) is 5.32 Å². The summed E-state index contributed by atoms with van der Waals surface area (Å²) in [5.41, 5.74) is 0.613. The molecule has 2 atom stereocenters. The lowest BCUT2D eigenvalue weighted by Gasteiger charge is -2.48. The van der Waals surface area contributed by atoms with Crippen molar-refractivity contribution in [1.29, 1.82) is 0 Å². The Bertz CT molecular complexity index is 635. The lowest BCUT2D eigenvalue weighted by Crippen LogP contribution is -3.24. The zero-order chi connectivity index (χ0) is 18.8. The van der Waals surface area contributed by atoms with E-state index in [1.165, 1.54) is 44.9 Å². The molecule has 1 aromatic rings. The first-order valence-electron chi connectivity index (χ1n) is 10.6. The van der Waals surface area contributed by atoms with Crippen LogP contribution in [0, 0.1) is 0 Å². The van der Waals surface area contributed by atoms with E-state index in [-0.39, 0.29) is 11.9 Å². The highest BCUT2D eigenvalue weighted by molar-refractivity contribution is 5.95. The first-order valence-corrected chi connectivity index (χ1v) is 10.6. The second-order valence-corrected chi connectivity index (χ2v) is 8.55. The van der Waals surface area contributed by atoms with Gasteiger partial charge in [-0.05, 0) is 57.1 Å². The number of nitrogens with one attached hydrogen (secondary N) is 2. The number of benzene rings is 1. The minimum absolute atomic E-state index is 0.0143. The molecule has 5 nitrogen and oxygen atoms in total. The third-order valence-electron chi connectivity index (χ3n) is 6.96. The van der Waals surface area contributed by atoms with Crippen LogP contribution in [-0.4, -0.2) is 44.3 Å². The summed E-state index contributed by atoms with van der Waals surface area (Å²) in [5, 5.41) is 3.31. The van der Waals surface area contributed by atoms with Gasteiger partial charge in [0, 0.05) is 30.5 Å². The van der Waals surface area contributed by atoms with Gasteiger partial charge in [0.15, 0.2) is 0 Å². The Morgan fingerprint density at radius 2 is 1.44 bits per heavy atom. The number of carbonyl (C=O) groups excluding carboxylic acids is 1. The van der Waals surface area contributed by atoms with Crippen molar-refractivity contribution in [2.75, 3.05) is 14.2 Å². The molecule has 1 amide bonds. The second-order valence-electron chi connectivity index (χ2n) is 8.55. The van der Waals surface area contributed by atoms with Crippen LogP contribution >= 0.6 is 0 Å². The van der Waals surface area contributed by atoms with Gasteiger partial charge in [0.1, 0.15) is 11.5 Å². The minimum atomic E-state index is -0.0143. The quantitative estimate of drug-likeness (QED) is 0.833. The third kappa shape index (κ3) is 3.93. The standard InChI is InChI=1S/C22H32N2O3/c1-26-20-10-15(11-21(14-20)27-2)22(25)23-16-12-18-8-5-9-19(13-16)24(18)17-6-3-4-7-17/h10-11,14,16-19H,3-9,12-13H2,1-2H3,(H,23,25)/p+1/t18-,19-/m1/s1. The highest BCUT2D eigenvalue weighted by Gasteiger charge is 2.46. The summed E-state index contributed by atoms with van der Waals surface area (Å²) in [5.74, 6) is 1.29. The number of quaternary nitrogens is 1. The fraction of sp³-hybridized carbons (Fsp3) is 0.682. The molecule has 3 fully saturated rings. The van der Waals surface area contributed by atoms with Gasteiger partial charge in [-0.15, -0.1) is 0 Å². The summed E-state index contributed by atoms with van der Waals surface area (Å²) in [6, 6.07) is 7.99. The molecule has 1 saturated carbocycles. The van der Waals surface area contributed by atoms with Gasteiger partial charge < -0.3 is 19.7 Å². The number of hydrogen-bond acceptors (Lipinski definition) is 3. The van der Waals surface area contributed by atoms with E-state index >= 15 is 0 Å². The van der Waals surface area contributed by atoms with Crippen LogP contribution in [0.1, 0.15) is 68.1 Å². The van der Waals surface area contributed by atoms with Gasteiger partial charge in [-0.2, -0.15) is 0 Å². The molecule has 5 heteroatoms. The number of rotatable bonds is 5. The molecule has 1 aliphatic carbocycles. The summed E-state index contributed by atoms with van der Waals surface area (Å²) < 4.78 is 10.6. The van der Waals surface area contributed by atoms with Gasteiger partial charge in [0.25, 0.3) is 5.91 Å². The summed E-state index contributed by atoms with van der Waals surface area (Å²) in [6.07, 6.45) is 11.9. The Morgan fingerprint density at radius 1 is 0.889 bits per heavy atom. The van der Waals surface area contributed by atoms with Gasteiger partial charge in [0.2, 0.25) is 0 Å². The number of carbonyl (C=O) groups is 1. The van der Waals surface area contributed by atoms with Crippen molar-refractivity contribution in [2.45, 2.75) is 82.0 Å². The highest BCUT2D eigenvalue weighted by Crippen LogP contribution is 2.27. The van der Waals surface area contributed by atoms with Crippen molar-refractivity contribution < 1.29 is 19.2 Å². The molecule has 0 radical (unpaired) electrons. The van der Waals surface area contributed by atoms with E-state index in [1.54, 1.807) is 32.4 Å². The monoisotopic (exact) mass is 373 g/mol. The number of amides is 1. The molecule has 2 N–H and O–H groups in total. The SMILES string of the molecule is COc1cc(OC)cc(C(=O)NC2C[C@H]3CCC[C@H](C2)[NH+]3C2CCCC2)c1. The van der Waals surface area contributed by atoms with E-state index < -0.39 is 0 Å².